The van der Waals surface area contributed by atoms with Crippen LogP contribution in [-0.2, 0) is 32.1 Å². The molecule has 2 fully saturated rings. The highest BCUT2D eigenvalue weighted by molar-refractivity contribution is 5.94. The Morgan fingerprint density at radius 3 is 2.39 bits per heavy atom. The van der Waals surface area contributed by atoms with Crippen LogP contribution in [0, 0.1) is 5.41 Å². The molecule has 2 saturated heterocycles. The number of rotatable bonds is 5. The van der Waals surface area contributed by atoms with Gasteiger partial charge < -0.3 is 24.4 Å². The zero-order chi connectivity index (χ0) is 23.3. The monoisotopic (exact) mass is 454 g/mol. The van der Waals surface area contributed by atoms with Gasteiger partial charge in [0, 0.05) is 18.7 Å². The molecule has 4 aliphatic rings. The van der Waals surface area contributed by atoms with E-state index in [1.54, 1.807) is 17.9 Å². The number of benzene rings is 1. The topological polar surface area (TPSA) is 96.4 Å². The van der Waals surface area contributed by atoms with E-state index < -0.39 is 6.10 Å². The van der Waals surface area contributed by atoms with Crippen LogP contribution in [0.1, 0.15) is 66.3 Å². The van der Waals surface area contributed by atoms with E-state index in [1.165, 1.54) is 0 Å². The highest BCUT2D eigenvalue weighted by Crippen LogP contribution is 2.44. The average Bonchev–Trinajstić information content (AvgIpc) is 3.46. The Bertz CT molecular complexity index is 1050. The van der Waals surface area contributed by atoms with Gasteiger partial charge in [-0.2, -0.15) is 0 Å². The van der Waals surface area contributed by atoms with Gasteiger partial charge in [0.15, 0.2) is 0 Å². The minimum atomic E-state index is -0.666. The van der Waals surface area contributed by atoms with Crippen molar-refractivity contribution >= 4 is 17.8 Å². The molecule has 33 heavy (non-hydrogen) atoms. The summed E-state index contributed by atoms with van der Waals surface area (Å²) >= 11 is 0. The first kappa shape index (κ1) is 22.1. The van der Waals surface area contributed by atoms with Gasteiger partial charge in [0.2, 0.25) is 5.91 Å². The number of aliphatic hydroxyl groups excluding tert-OH is 1. The Morgan fingerprint density at radius 2 is 1.73 bits per heavy atom. The smallest absolute Gasteiger partial charge is 0.338 e. The van der Waals surface area contributed by atoms with Crippen LogP contribution in [0.2, 0.25) is 0 Å². The summed E-state index contributed by atoms with van der Waals surface area (Å²) in [6.07, 6.45) is 2.32. The fourth-order valence-electron chi connectivity index (χ4n) is 5.81. The highest BCUT2D eigenvalue weighted by Gasteiger charge is 2.50. The number of esters is 2. The molecule has 1 spiro atoms. The van der Waals surface area contributed by atoms with Crippen molar-refractivity contribution in [3.8, 4) is 0 Å². The molecule has 4 aliphatic heterocycles. The number of fused-ring (bicyclic) bond motifs is 1. The number of likely N-dealkylation sites (tertiary alicyclic amines) is 2. The van der Waals surface area contributed by atoms with E-state index in [0.717, 1.165) is 55.5 Å². The molecule has 0 bridgehead atoms. The summed E-state index contributed by atoms with van der Waals surface area (Å²) in [4.78, 5) is 40.9. The molecule has 1 N–H and O–H groups in total. The largest absolute Gasteiger partial charge is 0.457 e. The molecule has 4 heterocycles. The number of aliphatic hydroxyl groups is 1. The van der Waals surface area contributed by atoms with E-state index in [1.807, 2.05) is 13.0 Å². The van der Waals surface area contributed by atoms with Crippen molar-refractivity contribution in [1.29, 1.82) is 0 Å². The first-order valence-corrected chi connectivity index (χ1v) is 11.8. The fraction of sp³-hybridized carbons (Fsp3) is 0.560. The Labute approximate surface area is 193 Å². The van der Waals surface area contributed by atoms with Gasteiger partial charge >= 0.3 is 11.9 Å². The number of cyclic esters (lactones) is 2. The fourth-order valence-corrected chi connectivity index (χ4v) is 5.81. The van der Waals surface area contributed by atoms with Crippen LogP contribution < -0.4 is 0 Å². The van der Waals surface area contributed by atoms with Gasteiger partial charge in [-0.1, -0.05) is 13.0 Å². The SMILES string of the molecule is CCc1c([C@@H](O)CN2CCC3(CC2)CCN(C2=C(C)C(=O)OC2)C3=O)ccc2c1COC2=O. The Balaban J connectivity index is 1.24. The minimum Gasteiger partial charge on any atom is -0.457 e. The third-order valence-corrected chi connectivity index (χ3v) is 7.91. The maximum Gasteiger partial charge on any atom is 0.338 e. The van der Waals surface area contributed by atoms with Crippen molar-refractivity contribution in [2.24, 2.45) is 5.41 Å². The van der Waals surface area contributed by atoms with Crippen LogP contribution >= 0.6 is 0 Å². The summed E-state index contributed by atoms with van der Waals surface area (Å²) in [7, 11) is 0. The van der Waals surface area contributed by atoms with Gasteiger partial charge in [-0.25, -0.2) is 9.59 Å². The van der Waals surface area contributed by atoms with Gasteiger partial charge in [-0.15, -0.1) is 0 Å². The van der Waals surface area contributed by atoms with Crippen molar-refractivity contribution in [1.82, 2.24) is 9.80 Å². The van der Waals surface area contributed by atoms with Gasteiger partial charge in [0.05, 0.1) is 28.4 Å². The first-order chi connectivity index (χ1) is 15.8. The number of nitrogens with zero attached hydrogens (tertiary/aromatic N) is 2. The number of carbonyl (C=O) groups excluding carboxylic acids is 3. The average molecular weight is 455 g/mol. The Kier molecular flexibility index (Phi) is 5.53. The number of β-amino-alcohol motifs (C(OH)–C–C–N with tert-alkyl or cyclic N) is 1. The molecule has 8 heteroatoms. The van der Waals surface area contributed by atoms with Crippen molar-refractivity contribution in [2.45, 2.75) is 52.2 Å². The standard InChI is InChI=1S/C25H30N2O6/c1-3-16-17(4-5-18-19(16)13-32-23(18)30)21(28)12-26-9-6-25(7-10-26)8-11-27(24(25)31)20-14-33-22(29)15(20)2/h4-5,21,28H,3,6-14H2,1-2H3/t21-/m0/s1. The maximum absolute atomic E-state index is 13.3. The predicted octanol–water partition coefficient (Wildman–Crippen LogP) is 2.10. The minimum absolute atomic E-state index is 0.104. The van der Waals surface area contributed by atoms with E-state index in [9.17, 15) is 19.5 Å². The molecular formula is C25H30N2O6. The lowest BCUT2D eigenvalue weighted by molar-refractivity contribution is -0.138. The van der Waals surface area contributed by atoms with Crippen molar-refractivity contribution < 1.29 is 29.0 Å². The molecule has 0 saturated carbocycles. The molecule has 0 radical (unpaired) electrons. The zero-order valence-electron chi connectivity index (χ0n) is 19.2. The number of piperidine rings is 1. The molecular weight excluding hydrogens is 424 g/mol. The predicted molar refractivity (Wildman–Crippen MR) is 118 cm³/mol. The van der Waals surface area contributed by atoms with Crippen LogP contribution in [0.4, 0.5) is 0 Å². The van der Waals surface area contributed by atoms with Crippen molar-refractivity contribution in [2.75, 3.05) is 32.8 Å². The lowest BCUT2D eigenvalue weighted by Gasteiger charge is -2.38. The number of hydrogen-bond acceptors (Lipinski definition) is 7. The van der Waals surface area contributed by atoms with Gasteiger partial charge in [0.1, 0.15) is 13.2 Å². The Hall–Kier alpha value is -2.71. The quantitative estimate of drug-likeness (QED) is 0.681. The van der Waals surface area contributed by atoms with Crippen molar-refractivity contribution in [3.05, 3.63) is 45.7 Å². The van der Waals surface area contributed by atoms with Crippen LogP contribution in [0.5, 0.6) is 0 Å². The van der Waals surface area contributed by atoms with Crippen LogP contribution in [0.15, 0.2) is 23.4 Å². The van der Waals surface area contributed by atoms with E-state index in [2.05, 4.69) is 4.90 Å². The second-order valence-electron chi connectivity index (χ2n) is 9.54. The molecule has 8 nitrogen and oxygen atoms in total. The summed E-state index contributed by atoms with van der Waals surface area (Å²) in [6, 6.07) is 3.60. The molecule has 0 aromatic heterocycles. The van der Waals surface area contributed by atoms with Crippen LogP contribution in [-0.4, -0.2) is 65.5 Å². The van der Waals surface area contributed by atoms with Gasteiger partial charge in [0.25, 0.3) is 0 Å². The summed E-state index contributed by atoms with van der Waals surface area (Å²) in [6.45, 7) is 6.78. The van der Waals surface area contributed by atoms with Crippen molar-refractivity contribution in [3.63, 3.8) is 0 Å². The Morgan fingerprint density at radius 1 is 1.03 bits per heavy atom. The zero-order valence-corrected chi connectivity index (χ0v) is 19.2. The lowest BCUT2D eigenvalue weighted by atomic mass is 9.77. The summed E-state index contributed by atoms with van der Waals surface area (Å²) in [5.74, 6) is -0.528. The van der Waals surface area contributed by atoms with Crippen LogP contribution in [0.3, 0.4) is 0 Å². The van der Waals surface area contributed by atoms with Gasteiger partial charge in [-0.05, 0) is 62.9 Å². The van der Waals surface area contributed by atoms with E-state index in [0.29, 0.717) is 29.9 Å². The maximum atomic E-state index is 13.3. The summed E-state index contributed by atoms with van der Waals surface area (Å²) in [5, 5.41) is 11.0. The summed E-state index contributed by atoms with van der Waals surface area (Å²) < 4.78 is 10.3. The molecule has 176 valence electrons. The third kappa shape index (κ3) is 3.56. The molecule has 1 atom stereocenters. The van der Waals surface area contributed by atoms with Crippen LogP contribution in [0.25, 0.3) is 0 Å². The number of amides is 1. The van der Waals surface area contributed by atoms with E-state index in [-0.39, 0.29) is 36.5 Å². The molecule has 1 aromatic rings. The molecule has 1 aromatic carbocycles. The van der Waals surface area contributed by atoms with Gasteiger partial charge in [-0.3, -0.25) is 4.79 Å². The van der Waals surface area contributed by atoms with E-state index >= 15 is 0 Å². The van der Waals surface area contributed by atoms with E-state index in [4.69, 9.17) is 9.47 Å². The second-order valence-corrected chi connectivity index (χ2v) is 9.54. The first-order valence-electron chi connectivity index (χ1n) is 11.8. The molecule has 0 unspecified atom stereocenters. The number of ether oxygens (including phenoxy) is 2. The molecule has 5 rings (SSSR count). The normalized spacial score (nSPS) is 23.4. The lowest BCUT2D eigenvalue weighted by Crippen LogP contribution is -2.45. The summed E-state index contributed by atoms with van der Waals surface area (Å²) in [5.41, 5.74) is 4.21. The number of carbonyl (C=O) groups is 3. The third-order valence-electron chi connectivity index (χ3n) is 7.91. The molecule has 1 amide bonds. The number of hydrogen-bond donors (Lipinski definition) is 1. The highest BCUT2D eigenvalue weighted by atomic mass is 16.5. The molecule has 0 aliphatic carbocycles. The second kappa shape index (κ2) is 8.25.